The van der Waals surface area contributed by atoms with Crippen molar-refractivity contribution in [1.29, 1.82) is 0 Å². The highest BCUT2D eigenvalue weighted by Gasteiger charge is 2.15. The second kappa shape index (κ2) is 8.23. The molecular formula is C16H22N2O2. The van der Waals surface area contributed by atoms with Gasteiger partial charge in [0.25, 0.3) is 5.91 Å². The van der Waals surface area contributed by atoms with Gasteiger partial charge >= 0.3 is 0 Å². The minimum atomic E-state index is -0.577. The standard InChI is InChI=1S/C16H22N2O2/c1-5-9-18-16(19)13(4)20-15-8-7-12(3)10-14(15)11-17-6-2/h1,7-8,10,13,17H,6,9,11H2,2-4H3,(H,18,19). The first kappa shape index (κ1) is 16.1. The van der Waals surface area contributed by atoms with Crippen molar-refractivity contribution in [2.75, 3.05) is 13.1 Å². The fraction of sp³-hybridized carbons (Fsp3) is 0.438. The Kier molecular flexibility index (Phi) is 6.61. The van der Waals surface area contributed by atoms with E-state index in [1.165, 1.54) is 0 Å². The number of nitrogens with one attached hydrogen (secondary N) is 2. The number of terminal acetylenes is 1. The van der Waals surface area contributed by atoms with Gasteiger partial charge in [0.1, 0.15) is 5.75 Å². The lowest BCUT2D eigenvalue weighted by Crippen LogP contribution is -2.36. The summed E-state index contributed by atoms with van der Waals surface area (Å²) in [5.41, 5.74) is 2.21. The number of benzene rings is 1. The molecule has 0 aliphatic carbocycles. The summed E-state index contributed by atoms with van der Waals surface area (Å²) in [4.78, 5) is 11.8. The van der Waals surface area contributed by atoms with Gasteiger partial charge in [-0.05, 0) is 26.5 Å². The van der Waals surface area contributed by atoms with Crippen LogP contribution >= 0.6 is 0 Å². The Morgan fingerprint density at radius 2 is 2.25 bits per heavy atom. The second-order valence-electron chi connectivity index (χ2n) is 4.57. The second-order valence-corrected chi connectivity index (χ2v) is 4.57. The molecule has 0 saturated carbocycles. The Morgan fingerprint density at radius 1 is 1.50 bits per heavy atom. The summed E-state index contributed by atoms with van der Waals surface area (Å²) in [5.74, 6) is 2.88. The van der Waals surface area contributed by atoms with Crippen LogP contribution in [-0.2, 0) is 11.3 Å². The quantitative estimate of drug-likeness (QED) is 0.743. The van der Waals surface area contributed by atoms with Crippen molar-refractivity contribution in [3.8, 4) is 18.1 Å². The fourth-order valence-corrected chi connectivity index (χ4v) is 1.75. The SMILES string of the molecule is C#CCNC(=O)C(C)Oc1ccc(C)cc1CNCC. The van der Waals surface area contributed by atoms with Crippen molar-refractivity contribution < 1.29 is 9.53 Å². The largest absolute Gasteiger partial charge is 0.481 e. The van der Waals surface area contributed by atoms with Crippen LogP contribution in [0.5, 0.6) is 5.75 Å². The van der Waals surface area contributed by atoms with Gasteiger partial charge in [0, 0.05) is 12.1 Å². The zero-order valence-electron chi connectivity index (χ0n) is 12.3. The molecule has 4 heteroatoms. The minimum Gasteiger partial charge on any atom is -0.481 e. The lowest BCUT2D eigenvalue weighted by Gasteiger charge is -2.17. The predicted octanol–water partition coefficient (Wildman–Crippen LogP) is 1.62. The van der Waals surface area contributed by atoms with Crippen LogP contribution < -0.4 is 15.4 Å². The van der Waals surface area contributed by atoms with Crippen molar-refractivity contribution in [3.63, 3.8) is 0 Å². The molecule has 1 atom stereocenters. The maximum atomic E-state index is 11.8. The van der Waals surface area contributed by atoms with E-state index in [4.69, 9.17) is 11.2 Å². The third kappa shape index (κ3) is 4.94. The van der Waals surface area contributed by atoms with Gasteiger partial charge in [-0.1, -0.05) is 30.5 Å². The zero-order chi connectivity index (χ0) is 15.0. The van der Waals surface area contributed by atoms with E-state index in [0.717, 1.165) is 23.4 Å². The van der Waals surface area contributed by atoms with Gasteiger partial charge < -0.3 is 15.4 Å². The van der Waals surface area contributed by atoms with Crippen LogP contribution in [0.1, 0.15) is 25.0 Å². The lowest BCUT2D eigenvalue weighted by molar-refractivity contribution is -0.127. The average Bonchev–Trinajstić information content (AvgIpc) is 2.44. The number of carbonyl (C=O) groups excluding carboxylic acids is 1. The highest BCUT2D eigenvalue weighted by atomic mass is 16.5. The first-order chi connectivity index (χ1) is 9.58. The van der Waals surface area contributed by atoms with Crippen LogP contribution in [0.15, 0.2) is 18.2 Å². The van der Waals surface area contributed by atoms with E-state index in [0.29, 0.717) is 6.54 Å². The number of ether oxygens (including phenoxy) is 1. The molecule has 4 nitrogen and oxygen atoms in total. The molecule has 1 amide bonds. The van der Waals surface area contributed by atoms with Crippen LogP contribution in [0, 0.1) is 19.3 Å². The summed E-state index contributed by atoms with van der Waals surface area (Å²) in [6.45, 7) is 7.60. The van der Waals surface area contributed by atoms with Gasteiger partial charge in [0.05, 0.1) is 6.54 Å². The Hall–Kier alpha value is -1.99. The Balaban J connectivity index is 2.75. The molecule has 20 heavy (non-hydrogen) atoms. The minimum absolute atomic E-state index is 0.210. The molecular weight excluding hydrogens is 252 g/mol. The van der Waals surface area contributed by atoms with E-state index in [-0.39, 0.29) is 12.5 Å². The van der Waals surface area contributed by atoms with Crippen molar-refractivity contribution in [1.82, 2.24) is 10.6 Å². The predicted molar refractivity (Wildman–Crippen MR) is 80.5 cm³/mol. The maximum Gasteiger partial charge on any atom is 0.261 e. The van der Waals surface area contributed by atoms with Gasteiger partial charge in [0.15, 0.2) is 6.10 Å². The first-order valence-electron chi connectivity index (χ1n) is 6.76. The molecule has 2 N–H and O–H groups in total. The van der Waals surface area contributed by atoms with Crippen molar-refractivity contribution in [2.45, 2.75) is 33.4 Å². The van der Waals surface area contributed by atoms with Gasteiger partial charge in [0.2, 0.25) is 0 Å². The van der Waals surface area contributed by atoms with Gasteiger partial charge in [-0.25, -0.2) is 0 Å². The molecule has 0 radical (unpaired) electrons. The summed E-state index contributed by atoms with van der Waals surface area (Å²) >= 11 is 0. The zero-order valence-corrected chi connectivity index (χ0v) is 12.3. The number of carbonyl (C=O) groups is 1. The molecule has 0 aliphatic rings. The Morgan fingerprint density at radius 3 is 2.90 bits per heavy atom. The monoisotopic (exact) mass is 274 g/mol. The van der Waals surface area contributed by atoms with Crippen molar-refractivity contribution in [2.24, 2.45) is 0 Å². The first-order valence-corrected chi connectivity index (χ1v) is 6.76. The molecule has 1 rings (SSSR count). The highest BCUT2D eigenvalue weighted by molar-refractivity contribution is 5.80. The number of hydrogen-bond acceptors (Lipinski definition) is 3. The molecule has 1 aromatic rings. The van der Waals surface area contributed by atoms with E-state index in [1.807, 2.05) is 26.0 Å². The number of rotatable bonds is 7. The maximum absolute atomic E-state index is 11.8. The van der Waals surface area contributed by atoms with Crippen LogP contribution in [0.3, 0.4) is 0 Å². The van der Waals surface area contributed by atoms with Crippen LogP contribution in [0.4, 0.5) is 0 Å². The van der Waals surface area contributed by atoms with E-state index in [1.54, 1.807) is 6.92 Å². The fourth-order valence-electron chi connectivity index (χ4n) is 1.75. The lowest BCUT2D eigenvalue weighted by atomic mass is 10.1. The molecule has 1 aromatic carbocycles. The summed E-state index contributed by atoms with van der Waals surface area (Å²) in [7, 11) is 0. The smallest absolute Gasteiger partial charge is 0.261 e. The van der Waals surface area contributed by atoms with Crippen LogP contribution in [-0.4, -0.2) is 25.1 Å². The molecule has 0 aromatic heterocycles. The molecule has 0 aliphatic heterocycles. The number of amides is 1. The third-order valence-electron chi connectivity index (χ3n) is 2.82. The average molecular weight is 274 g/mol. The molecule has 0 bridgehead atoms. The van der Waals surface area contributed by atoms with Crippen LogP contribution in [0.25, 0.3) is 0 Å². The van der Waals surface area contributed by atoms with Gasteiger partial charge in [-0.3, -0.25) is 4.79 Å². The summed E-state index contributed by atoms with van der Waals surface area (Å²) < 4.78 is 5.74. The Labute approximate surface area is 120 Å². The molecule has 108 valence electrons. The molecule has 0 heterocycles. The molecule has 0 spiro atoms. The van der Waals surface area contributed by atoms with E-state index in [9.17, 15) is 4.79 Å². The summed E-state index contributed by atoms with van der Waals surface area (Å²) in [6, 6.07) is 5.92. The molecule has 0 saturated heterocycles. The van der Waals surface area contributed by atoms with Crippen molar-refractivity contribution in [3.05, 3.63) is 29.3 Å². The van der Waals surface area contributed by atoms with E-state index < -0.39 is 6.10 Å². The number of hydrogen-bond donors (Lipinski definition) is 2. The third-order valence-corrected chi connectivity index (χ3v) is 2.82. The summed E-state index contributed by atoms with van der Waals surface area (Å²) in [5, 5.41) is 5.87. The summed E-state index contributed by atoms with van der Waals surface area (Å²) in [6.07, 6.45) is 4.53. The van der Waals surface area contributed by atoms with E-state index in [2.05, 4.69) is 22.6 Å². The van der Waals surface area contributed by atoms with Gasteiger partial charge in [-0.2, -0.15) is 0 Å². The highest BCUT2D eigenvalue weighted by Crippen LogP contribution is 2.21. The van der Waals surface area contributed by atoms with Crippen LogP contribution in [0.2, 0.25) is 0 Å². The normalized spacial score (nSPS) is 11.5. The Bertz CT molecular complexity index is 492. The number of aryl methyl sites for hydroxylation is 1. The molecule has 1 unspecified atom stereocenters. The van der Waals surface area contributed by atoms with Crippen molar-refractivity contribution >= 4 is 5.91 Å². The molecule has 0 fully saturated rings. The van der Waals surface area contributed by atoms with Gasteiger partial charge in [-0.15, -0.1) is 6.42 Å². The van der Waals surface area contributed by atoms with E-state index >= 15 is 0 Å². The topological polar surface area (TPSA) is 50.4 Å².